The highest BCUT2D eigenvalue weighted by Gasteiger charge is 2.21. The number of rotatable bonds is 5. The summed E-state index contributed by atoms with van der Waals surface area (Å²) in [4.78, 5) is 14.6. The molecule has 1 saturated heterocycles. The van der Waals surface area contributed by atoms with Gasteiger partial charge in [0.05, 0.1) is 24.3 Å². The Morgan fingerprint density at radius 2 is 1.93 bits per heavy atom. The summed E-state index contributed by atoms with van der Waals surface area (Å²) in [6.45, 7) is 1.65. The number of amides is 1. The summed E-state index contributed by atoms with van der Waals surface area (Å²) in [6, 6.07) is 12.4. The molecule has 0 bridgehead atoms. The average Bonchev–Trinajstić information content (AvgIpc) is 2.64. The number of carbonyl (C=O) groups excluding carboxylic acids is 1. The number of benzene rings is 2. The van der Waals surface area contributed by atoms with Gasteiger partial charge in [0.1, 0.15) is 5.75 Å². The predicted molar refractivity (Wildman–Crippen MR) is 106 cm³/mol. The molecule has 8 heteroatoms. The first-order valence-electron chi connectivity index (χ1n) is 8.63. The van der Waals surface area contributed by atoms with Crippen molar-refractivity contribution in [2.45, 2.75) is 6.54 Å². The Labute approximate surface area is 159 Å². The lowest BCUT2D eigenvalue weighted by Crippen LogP contribution is -2.39. The predicted octanol–water partition coefficient (Wildman–Crippen LogP) is 1.76. The van der Waals surface area contributed by atoms with Crippen molar-refractivity contribution in [2.75, 3.05) is 42.8 Å². The molecule has 0 unspecified atom stereocenters. The van der Waals surface area contributed by atoms with E-state index in [1.807, 2.05) is 18.2 Å². The number of anilines is 2. The number of sulfone groups is 1. The van der Waals surface area contributed by atoms with Crippen LogP contribution < -0.4 is 15.8 Å². The standard InChI is InChI=1S/C19H23N3O4S/c1-26-18-6-5-16(12-17(18)20)21-19(23)15-4-2-3-14(11-15)13-22-7-9-27(24,25)10-8-22/h2-6,11-12H,7-10,13,20H2,1H3,(H,21,23). The fourth-order valence-corrected chi connectivity index (χ4v) is 4.27. The van der Waals surface area contributed by atoms with Crippen molar-refractivity contribution in [3.05, 3.63) is 53.6 Å². The highest BCUT2D eigenvalue weighted by atomic mass is 32.2. The van der Waals surface area contributed by atoms with Crippen molar-refractivity contribution in [2.24, 2.45) is 0 Å². The topological polar surface area (TPSA) is 102 Å². The quantitative estimate of drug-likeness (QED) is 0.756. The zero-order valence-electron chi connectivity index (χ0n) is 15.1. The van der Waals surface area contributed by atoms with Crippen LogP contribution in [-0.2, 0) is 16.4 Å². The SMILES string of the molecule is COc1ccc(NC(=O)c2cccc(CN3CCS(=O)(=O)CC3)c2)cc1N. The lowest BCUT2D eigenvalue weighted by Gasteiger charge is -2.26. The van der Waals surface area contributed by atoms with Gasteiger partial charge in [-0.2, -0.15) is 0 Å². The van der Waals surface area contributed by atoms with Gasteiger partial charge < -0.3 is 15.8 Å². The first-order valence-corrected chi connectivity index (χ1v) is 10.4. The Morgan fingerprint density at radius 3 is 2.59 bits per heavy atom. The van der Waals surface area contributed by atoms with E-state index in [9.17, 15) is 13.2 Å². The molecule has 1 aliphatic rings. The summed E-state index contributed by atoms with van der Waals surface area (Å²) in [5.74, 6) is 0.694. The number of nitrogen functional groups attached to an aromatic ring is 1. The molecule has 0 spiro atoms. The molecule has 0 saturated carbocycles. The van der Waals surface area contributed by atoms with Gasteiger partial charge >= 0.3 is 0 Å². The Hall–Kier alpha value is -2.58. The molecule has 7 nitrogen and oxygen atoms in total. The van der Waals surface area contributed by atoms with Crippen LogP contribution in [0.4, 0.5) is 11.4 Å². The van der Waals surface area contributed by atoms with E-state index in [0.717, 1.165) is 5.56 Å². The zero-order valence-corrected chi connectivity index (χ0v) is 16.0. The molecule has 1 aliphatic heterocycles. The van der Waals surface area contributed by atoms with Gasteiger partial charge in [-0.3, -0.25) is 9.69 Å². The first kappa shape index (κ1) is 19.2. The van der Waals surface area contributed by atoms with Crippen LogP contribution in [0.5, 0.6) is 5.75 Å². The third-order valence-electron chi connectivity index (χ3n) is 4.52. The monoisotopic (exact) mass is 389 g/mol. The van der Waals surface area contributed by atoms with Crippen LogP contribution in [0.2, 0.25) is 0 Å². The number of nitrogens with zero attached hydrogens (tertiary/aromatic N) is 1. The number of nitrogens with one attached hydrogen (secondary N) is 1. The van der Waals surface area contributed by atoms with E-state index in [1.54, 1.807) is 24.3 Å². The number of hydrogen-bond donors (Lipinski definition) is 2. The molecule has 3 rings (SSSR count). The maximum absolute atomic E-state index is 12.5. The number of ether oxygens (including phenoxy) is 1. The van der Waals surface area contributed by atoms with Gasteiger partial charge in [-0.1, -0.05) is 12.1 Å². The van der Waals surface area contributed by atoms with Crippen LogP contribution >= 0.6 is 0 Å². The second kappa shape index (κ2) is 7.98. The molecule has 0 atom stereocenters. The van der Waals surface area contributed by atoms with E-state index in [2.05, 4.69) is 10.2 Å². The van der Waals surface area contributed by atoms with Crippen LogP contribution in [0.3, 0.4) is 0 Å². The van der Waals surface area contributed by atoms with Crippen molar-refractivity contribution in [3.63, 3.8) is 0 Å². The van der Waals surface area contributed by atoms with Crippen molar-refractivity contribution >= 4 is 27.1 Å². The van der Waals surface area contributed by atoms with E-state index < -0.39 is 9.84 Å². The van der Waals surface area contributed by atoms with Gasteiger partial charge in [0.2, 0.25) is 0 Å². The normalized spacial score (nSPS) is 16.6. The maximum Gasteiger partial charge on any atom is 0.255 e. The van der Waals surface area contributed by atoms with Gasteiger partial charge in [0.15, 0.2) is 9.84 Å². The van der Waals surface area contributed by atoms with Crippen molar-refractivity contribution in [1.29, 1.82) is 0 Å². The Bertz CT molecular complexity index is 930. The number of methoxy groups -OCH3 is 1. The second-order valence-electron chi connectivity index (χ2n) is 6.54. The lowest BCUT2D eigenvalue weighted by atomic mass is 10.1. The van der Waals surface area contributed by atoms with E-state index in [4.69, 9.17) is 10.5 Å². The minimum Gasteiger partial charge on any atom is -0.495 e. The summed E-state index contributed by atoms with van der Waals surface area (Å²) in [6.07, 6.45) is 0. The molecule has 2 aromatic carbocycles. The minimum absolute atomic E-state index is 0.187. The van der Waals surface area contributed by atoms with Crippen molar-refractivity contribution in [1.82, 2.24) is 4.90 Å². The Kier molecular flexibility index (Phi) is 5.67. The van der Waals surface area contributed by atoms with Crippen LogP contribution in [-0.4, -0.2) is 50.9 Å². The highest BCUT2D eigenvalue weighted by Crippen LogP contribution is 2.25. The lowest BCUT2D eigenvalue weighted by molar-refractivity contribution is 0.102. The second-order valence-corrected chi connectivity index (χ2v) is 8.84. The average molecular weight is 389 g/mol. The molecule has 0 radical (unpaired) electrons. The third-order valence-corrected chi connectivity index (χ3v) is 6.13. The highest BCUT2D eigenvalue weighted by molar-refractivity contribution is 7.91. The van der Waals surface area contributed by atoms with Crippen LogP contribution in [0, 0.1) is 0 Å². The van der Waals surface area contributed by atoms with Gasteiger partial charge in [-0.15, -0.1) is 0 Å². The van der Waals surface area contributed by atoms with Crippen molar-refractivity contribution < 1.29 is 17.9 Å². The summed E-state index contributed by atoms with van der Waals surface area (Å²) >= 11 is 0. The Balaban J connectivity index is 1.66. The number of carbonyl (C=O) groups is 1. The summed E-state index contributed by atoms with van der Waals surface area (Å²) in [5.41, 5.74) is 8.41. The summed E-state index contributed by atoms with van der Waals surface area (Å²) < 4.78 is 28.2. The fourth-order valence-electron chi connectivity index (χ4n) is 2.99. The van der Waals surface area contributed by atoms with E-state index in [-0.39, 0.29) is 17.4 Å². The van der Waals surface area contributed by atoms with E-state index in [0.29, 0.717) is 42.3 Å². The number of hydrogen-bond acceptors (Lipinski definition) is 6. The molecule has 1 fully saturated rings. The zero-order chi connectivity index (χ0) is 19.4. The molecular weight excluding hydrogens is 366 g/mol. The smallest absolute Gasteiger partial charge is 0.255 e. The number of nitrogens with two attached hydrogens (primary N) is 1. The molecule has 144 valence electrons. The molecule has 27 heavy (non-hydrogen) atoms. The molecule has 1 heterocycles. The Morgan fingerprint density at radius 1 is 1.19 bits per heavy atom. The van der Waals surface area contributed by atoms with Crippen LogP contribution in [0.15, 0.2) is 42.5 Å². The maximum atomic E-state index is 12.5. The van der Waals surface area contributed by atoms with Gasteiger partial charge in [-0.05, 0) is 35.9 Å². The van der Waals surface area contributed by atoms with E-state index in [1.165, 1.54) is 7.11 Å². The molecule has 1 amide bonds. The van der Waals surface area contributed by atoms with Crippen molar-refractivity contribution in [3.8, 4) is 5.75 Å². The van der Waals surface area contributed by atoms with Crippen LogP contribution in [0.25, 0.3) is 0 Å². The molecule has 0 aromatic heterocycles. The van der Waals surface area contributed by atoms with Gasteiger partial charge in [-0.25, -0.2) is 8.42 Å². The van der Waals surface area contributed by atoms with Crippen LogP contribution in [0.1, 0.15) is 15.9 Å². The largest absolute Gasteiger partial charge is 0.495 e. The minimum atomic E-state index is -2.90. The van der Waals surface area contributed by atoms with Gasteiger partial charge in [0, 0.05) is 30.9 Å². The molecule has 3 N–H and O–H groups in total. The first-order chi connectivity index (χ1) is 12.9. The molecular formula is C19H23N3O4S. The summed E-state index contributed by atoms with van der Waals surface area (Å²) in [5, 5.41) is 2.82. The van der Waals surface area contributed by atoms with E-state index >= 15 is 0 Å². The molecule has 0 aliphatic carbocycles. The third kappa shape index (κ3) is 4.99. The fraction of sp³-hybridized carbons (Fsp3) is 0.316. The molecule has 2 aromatic rings. The van der Waals surface area contributed by atoms with Gasteiger partial charge in [0.25, 0.3) is 5.91 Å². The summed E-state index contributed by atoms with van der Waals surface area (Å²) in [7, 11) is -1.36.